The van der Waals surface area contributed by atoms with E-state index in [0.717, 1.165) is 4.47 Å². The van der Waals surface area contributed by atoms with Crippen molar-refractivity contribution in [2.45, 2.75) is 36.8 Å². The molecule has 0 fully saturated rings. The zero-order valence-corrected chi connectivity index (χ0v) is 11.8. The third-order valence-electron chi connectivity index (χ3n) is 2.63. The van der Waals surface area contributed by atoms with Crippen LogP contribution in [0, 0.1) is 0 Å². The van der Waals surface area contributed by atoms with Gasteiger partial charge in [0.2, 0.25) is 0 Å². The summed E-state index contributed by atoms with van der Waals surface area (Å²) < 4.78 is 25.2. The molecule has 0 aliphatic heterocycles. The molecule has 0 heterocycles. The first-order chi connectivity index (χ1) is 7.43. The first kappa shape index (κ1) is 13.5. The van der Waals surface area contributed by atoms with Crippen molar-refractivity contribution in [3.8, 4) is 0 Å². The Morgan fingerprint density at radius 3 is 2.31 bits per heavy atom. The summed E-state index contributed by atoms with van der Waals surface area (Å²) in [5.41, 5.74) is 6.05. The zero-order chi connectivity index (χ0) is 12.3. The van der Waals surface area contributed by atoms with Crippen LogP contribution in [0.2, 0.25) is 0 Å². The van der Waals surface area contributed by atoms with Gasteiger partial charge in [-0.3, -0.25) is 0 Å². The lowest BCUT2D eigenvalue weighted by Crippen LogP contribution is -2.20. The van der Waals surface area contributed by atoms with Gasteiger partial charge in [0.15, 0.2) is 9.84 Å². The predicted molar refractivity (Wildman–Crippen MR) is 70.1 cm³/mol. The Hall–Kier alpha value is -0.550. The molecule has 2 N–H and O–H groups in total. The molecule has 0 atom stereocenters. The summed E-state index contributed by atoms with van der Waals surface area (Å²) in [6.45, 7) is 3.75. The summed E-state index contributed by atoms with van der Waals surface area (Å²) in [6, 6.07) is 4.88. The van der Waals surface area contributed by atoms with Crippen LogP contribution in [0.3, 0.4) is 0 Å². The van der Waals surface area contributed by atoms with E-state index in [0.29, 0.717) is 18.5 Å². The summed E-state index contributed by atoms with van der Waals surface area (Å²) in [6.07, 6.45) is 1.21. The molecule has 0 radical (unpaired) electrons. The maximum atomic E-state index is 12.2. The highest BCUT2D eigenvalue weighted by molar-refractivity contribution is 9.10. The molecule has 16 heavy (non-hydrogen) atoms. The van der Waals surface area contributed by atoms with Crippen LogP contribution in [0.4, 0.5) is 5.69 Å². The zero-order valence-electron chi connectivity index (χ0n) is 9.40. The van der Waals surface area contributed by atoms with Crippen LogP contribution >= 0.6 is 15.9 Å². The molecular weight excluding hydrogens is 290 g/mol. The number of benzene rings is 1. The topological polar surface area (TPSA) is 60.2 Å². The first-order valence-electron chi connectivity index (χ1n) is 5.22. The molecule has 0 unspecified atom stereocenters. The Morgan fingerprint density at radius 1 is 1.31 bits per heavy atom. The number of nitrogens with two attached hydrogens (primary N) is 1. The smallest absolute Gasteiger partial charge is 0.183 e. The molecule has 1 rings (SSSR count). The highest BCUT2D eigenvalue weighted by Gasteiger charge is 2.26. The fourth-order valence-electron chi connectivity index (χ4n) is 1.69. The second kappa shape index (κ2) is 5.19. The van der Waals surface area contributed by atoms with Crippen LogP contribution in [-0.2, 0) is 9.84 Å². The molecule has 0 aliphatic carbocycles. The number of halogens is 1. The molecule has 3 nitrogen and oxygen atoms in total. The van der Waals surface area contributed by atoms with Gasteiger partial charge in [-0.1, -0.05) is 29.8 Å². The van der Waals surface area contributed by atoms with E-state index >= 15 is 0 Å². The van der Waals surface area contributed by atoms with Gasteiger partial charge in [0.05, 0.1) is 15.8 Å². The van der Waals surface area contributed by atoms with Crippen molar-refractivity contribution >= 4 is 31.5 Å². The summed E-state index contributed by atoms with van der Waals surface area (Å²) >= 11 is 3.26. The largest absolute Gasteiger partial charge is 0.398 e. The third-order valence-corrected chi connectivity index (χ3v) is 5.65. The van der Waals surface area contributed by atoms with Crippen LogP contribution in [-0.4, -0.2) is 13.7 Å². The van der Waals surface area contributed by atoms with Crippen LogP contribution in [0.15, 0.2) is 27.6 Å². The Morgan fingerprint density at radius 2 is 1.88 bits per heavy atom. The van der Waals surface area contributed by atoms with Gasteiger partial charge in [-0.25, -0.2) is 8.42 Å². The average molecular weight is 306 g/mol. The molecule has 0 amide bonds. The van der Waals surface area contributed by atoms with Crippen LogP contribution in [0.5, 0.6) is 0 Å². The van der Waals surface area contributed by atoms with Crippen molar-refractivity contribution in [1.82, 2.24) is 0 Å². The molecule has 90 valence electrons. The van der Waals surface area contributed by atoms with E-state index in [9.17, 15) is 8.42 Å². The van der Waals surface area contributed by atoms with Crippen molar-refractivity contribution in [3.05, 3.63) is 22.7 Å². The van der Waals surface area contributed by atoms with E-state index in [1.807, 2.05) is 13.8 Å². The lowest BCUT2D eigenvalue weighted by atomic mass is 10.3. The second-order valence-electron chi connectivity index (χ2n) is 3.67. The van der Waals surface area contributed by atoms with Crippen LogP contribution in [0.1, 0.15) is 26.7 Å². The summed E-state index contributed by atoms with van der Waals surface area (Å²) in [7, 11) is -3.29. The molecule has 0 saturated heterocycles. The maximum absolute atomic E-state index is 12.2. The molecular formula is C11H16BrNO2S. The van der Waals surface area contributed by atoms with Gasteiger partial charge in [-0.2, -0.15) is 0 Å². The predicted octanol–water partition coefficient (Wildman–Crippen LogP) is 2.99. The summed E-state index contributed by atoms with van der Waals surface area (Å²) in [5, 5.41) is -0.351. The van der Waals surface area contributed by atoms with Crippen molar-refractivity contribution in [1.29, 1.82) is 0 Å². The average Bonchev–Trinajstić information content (AvgIpc) is 2.18. The van der Waals surface area contributed by atoms with Crippen molar-refractivity contribution < 1.29 is 8.42 Å². The van der Waals surface area contributed by atoms with Gasteiger partial charge in [0.25, 0.3) is 0 Å². The highest BCUT2D eigenvalue weighted by atomic mass is 79.9. The van der Waals surface area contributed by atoms with E-state index < -0.39 is 9.84 Å². The minimum absolute atomic E-state index is 0.240. The third kappa shape index (κ3) is 2.58. The molecule has 0 saturated carbocycles. The van der Waals surface area contributed by atoms with Crippen LogP contribution < -0.4 is 5.73 Å². The Bertz CT molecular complexity index is 467. The molecule has 0 bridgehead atoms. The SMILES string of the molecule is CCC(CC)S(=O)(=O)c1ccc(Br)cc1N. The quantitative estimate of drug-likeness (QED) is 0.870. The summed E-state index contributed by atoms with van der Waals surface area (Å²) in [5.74, 6) is 0. The molecule has 1 aromatic carbocycles. The van der Waals surface area contributed by atoms with Gasteiger partial charge in [0, 0.05) is 4.47 Å². The van der Waals surface area contributed by atoms with Gasteiger partial charge in [-0.15, -0.1) is 0 Å². The van der Waals surface area contributed by atoms with E-state index in [4.69, 9.17) is 5.73 Å². The van der Waals surface area contributed by atoms with Crippen molar-refractivity contribution in [3.63, 3.8) is 0 Å². The Labute approximate surface area is 105 Å². The van der Waals surface area contributed by atoms with Gasteiger partial charge < -0.3 is 5.73 Å². The normalized spacial score (nSPS) is 12.0. The number of rotatable bonds is 4. The Kier molecular flexibility index (Phi) is 4.38. The molecule has 0 spiro atoms. The fourth-order valence-corrected chi connectivity index (χ4v) is 3.95. The monoisotopic (exact) mass is 305 g/mol. The van der Waals surface area contributed by atoms with E-state index in [2.05, 4.69) is 15.9 Å². The van der Waals surface area contributed by atoms with Crippen LogP contribution in [0.25, 0.3) is 0 Å². The number of hydrogen-bond donors (Lipinski definition) is 1. The number of hydrogen-bond acceptors (Lipinski definition) is 3. The molecule has 0 aliphatic rings. The Balaban J connectivity index is 3.27. The summed E-state index contributed by atoms with van der Waals surface area (Å²) in [4.78, 5) is 0.240. The minimum Gasteiger partial charge on any atom is -0.398 e. The number of sulfone groups is 1. The highest BCUT2D eigenvalue weighted by Crippen LogP contribution is 2.28. The van der Waals surface area contributed by atoms with Gasteiger partial charge >= 0.3 is 0 Å². The molecule has 1 aromatic rings. The van der Waals surface area contributed by atoms with E-state index in [1.165, 1.54) is 0 Å². The fraction of sp³-hybridized carbons (Fsp3) is 0.455. The van der Waals surface area contributed by atoms with E-state index in [1.54, 1.807) is 18.2 Å². The van der Waals surface area contributed by atoms with Gasteiger partial charge in [-0.05, 0) is 31.0 Å². The number of anilines is 1. The van der Waals surface area contributed by atoms with Crippen molar-refractivity contribution in [2.75, 3.05) is 5.73 Å². The van der Waals surface area contributed by atoms with Gasteiger partial charge in [0.1, 0.15) is 0 Å². The second-order valence-corrected chi connectivity index (χ2v) is 6.78. The molecule has 5 heteroatoms. The maximum Gasteiger partial charge on any atom is 0.183 e. The van der Waals surface area contributed by atoms with Crippen molar-refractivity contribution in [2.24, 2.45) is 0 Å². The number of nitrogen functional groups attached to an aromatic ring is 1. The lowest BCUT2D eigenvalue weighted by Gasteiger charge is -2.15. The van der Waals surface area contributed by atoms with E-state index in [-0.39, 0.29) is 10.1 Å². The first-order valence-corrected chi connectivity index (χ1v) is 7.56. The lowest BCUT2D eigenvalue weighted by molar-refractivity contribution is 0.572. The minimum atomic E-state index is -3.29. The standard InChI is InChI=1S/C11H16BrNO2S/c1-3-9(4-2)16(14,15)11-6-5-8(12)7-10(11)13/h5-7,9H,3-4,13H2,1-2H3. The molecule has 0 aromatic heterocycles.